The van der Waals surface area contributed by atoms with Crippen molar-refractivity contribution < 1.29 is 27.9 Å². The van der Waals surface area contributed by atoms with Crippen LogP contribution in [0.25, 0.3) is 0 Å². The minimum absolute atomic E-state index is 0.0227. The van der Waals surface area contributed by atoms with Crippen molar-refractivity contribution in [2.24, 2.45) is 12.5 Å². The van der Waals surface area contributed by atoms with Crippen LogP contribution in [0.1, 0.15) is 56.6 Å². The molecule has 0 bridgehead atoms. The van der Waals surface area contributed by atoms with Crippen molar-refractivity contribution in [2.75, 3.05) is 11.9 Å². The molecule has 0 unspecified atom stereocenters. The molecule has 3 N–H and O–H groups in total. The Kier molecular flexibility index (Phi) is 7.68. The lowest BCUT2D eigenvalue weighted by molar-refractivity contribution is -0.117. The summed E-state index contributed by atoms with van der Waals surface area (Å²) in [5, 5.41) is 15.9. The summed E-state index contributed by atoms with van der Waals surface area (Å²) in [5.74, 6) is -1.39. The topological polar surface area (TPSA) is 140 Å². The molecule has 2 aromatic rings. The molecule has 0 spiro atoms. The number of benzene rings is 1. The van der Waals surface area contributed by atoms with Gasteiger partial charge in [-0.3, -0.25) is 4.79 Å². The van der Waals surface area contributed by atoms with Gasteiger partial charge >= 0.3 is 5.97 Å². The van der Waals surface area contributed by atoms with Crippen LogP contribution < -0.4 is 14.8 Å². The van der Waals surface area contributed by atoms with Gasteiger partial charge in [-0.25, -0.2) is 22.6 Å². The zero-order valence-electron chi connectivity index (χ0n) is 19.1. The number of aromatic nitrogens is 2. The predicted molar refractivity (Wildman–Crippen MR) is 120 cm³/mol. The van der Waals surface area contributed by atoms with E-state index in [1.54, 1.807) is 0 Å². The SMILES string of the molecule is CCCNS(=O)(=O)c1cc(NC(=O)CC(C)(C)C)ccc1Oc1c(C)c(C(=O)O)nn1C. The van der Waals surface area contributed by atoms with Crippen molar-refractivity contribution in [3.8, 4) is 11.6 Å². The number of hydrogen-bond acceptors (Lipinski definition) is 6. The van der Waals surface area contributed by atoms with Crippen LogP contribution in [0.4, 0.5) is 5.69 Å². The largest absolute Gasteiger partial charge is 0.476 e. The van der Waals surface area contributed by atoms with Crippen molar-refractivity contribution in [3.63, 3.8) is 0 Å². The smallest absolute Gasteiger partial charge is 0.356 e. The number of carboxylic acid groups (broad SMARTS) is 1. The third kappa shape index (κ3) is 6.30. The number of carbonyl (C=O) groups is 2. The molecule has 1 aromatic carbocycles. The van der Waals surface area contributed by atoms with Gasteiger partial charge < -0.3 is 15.2 Å². The highest BCUT2D eigenvalue weighted by Crippen LogP contribution is 2.34. The predicted octanol–water partition coefficient (Wildman–Crippen LogP) is 3.28. The van der Waals surface area contributed by atoms with Gasteiger partial charge in [0.05, 0.1) is 0 Å². The molecular formula is C21H30N4O6S. The number of nitrogens with zero attached hydrogens (tertiary/aromatic N) is 2. The van der Waals surface area contributed by atoms with Crippen LogP contribution in [0.5, 0.6) is 11.6 Å². The Morgan fingerprint density at radius 2 is 1.91 bits per heavy atom. The highest BCUT2D eigenvalue weighted by molar-refractivity contribution is 7.89. The summed E-state index contributed by atoms with van der Waals surface area (Å²) in [6, 6.07) is 4.26. The number of ether oxygens (including phenoxy) is 1. The monoisotopic (exact) mass is 466 g/mol. The summed E-state index contributed by atoms with van der Waals surface area (Å²) in [7, 11) is -2.47. The molecule has 2 rings (SSSR count). The van der Waals surface area contributed by atoms with E-state index in [2.05, 4.69) is 15.1 Å². The van der Waals surface area contributed by atoms with Crippen LogP contribution >= 0.6 is 0 Å². The van der Waals surface area contributed by atoms with E-state index in [9.17, 15) is 23.1 Å². The van der Waals surface area contributed by atoms with Crippen molar-refractivity contribution in [2.45, 2.75) is 52.4 Å². The first kappa shape index (κ1) is 25.3. The number of aryl methyl sites for hydroxylation is 1. The van der Waals surface area contributed by atoms with Crippen LogP contribution in [0.15, 0.2) is 23.1 Å². The number of rotatable bonds is 9. The van der Waals surface area contributed by atoms with E-state index in [0.717, 1.165) is 0 Å². The number of anilines is 1. The van der Waals surface area contributed by atoms with E-state index in [0.29, 0.717) is 12.1 Å². The molecule has 32 heavy (non-hydrogen) atoms. The van der Waals surface area contributed by atoms with E-state index >= 15 is 0 Å². The van der Waals surface area contributed by atoms with Crippen molar-refractivity contribution >= 4 is 27.6 Å². The van der Waals surface area contributed by atoms with E-state index in [4.69, 9.17) is 4.74 Å². The Balaban J connectivity index is 2.49. The zero-order valence-corrected chi connectivity index (χ0v) is 20.0. The molecule has 0 saturated heterocycles. The summed E-state index contributed by atoms with van der Waals surface area (Å²) >= 11 is 0. The molecule has 176 valence electrons. The van der Waals surface area contributed by atoms with Gasteiger partial charge in [0.25, 0.3) is 0 Å². The number of hydrogen-bond donors (Lipinski definition) is 3. The van der Waals surface area contributed by atoms with Gasteiger partial charge in [0, 0.05) is 31.3 Å². The minimum Gasteiger partial charge on any atom is -0.476 e. The highest BCUT2D eigenvalue weighted by atomic mass is 32.2. The van der Waals surface area contributed by atoms with Gasteiger partial charge in [0.1, 0.15) is 10.6 Å². The fourth-order valence-electron chi connectivity index (χ4n) is 2.95. The molecule has 0 aliphatic heterocycles. The quantitative estimate of drug-likeness (QED) is 0.515. The van der Waals surface area contributed by atoms with Crippen LogP contribution in [0.2, 0.25) is 0 Å². The molecule has 0 atom stereocenters. The van der Waals surface area contributed by atoms with E-state index < -0.39 is 16.0 Å². The van der Waals surface area contributed by atoms with Crippen LogP contribution in [-0.4, -0.2) is 41.7 Å². The number of carboxylic acids is 1. The maximum Gasteiger partial charge on any atom is 0.356 e. The summed E-state index contributed by atoms with van der Waals surface area (Å²) in [6.45, 7) is 9.35. The first-order chi connectivity index (χ1) is 14.7. The zero-order chi connectivity index (χ0) is 24.3. The van der Waals surface area contributed by atoms with Gasteiger partial charge in [-0.1, -0.05) is 27.7 Å². The molecule has 0 aliphatic rings. The number of nitrogens with one attached hydrogen (secondary N) is 2. The summed E-state index contributed by atoms with van der Waals surface area (Å²) in [5.41, 5.74) is 0.134. The second-order valence-corrected chi connectivity index (χ2v) is 10.4. The molecule has 0 fully saturated rings. The third-order valence-electron chi connectivity index (χ3n) is 4.38. The normalized spacial score (nSPS) is 11.9. The summed E-state index contributed by atoms with van der Waals surface area (Å²) in [4.78, 5) is 23.5. The number of amides is 1. The van der Waals surface area contributed by atoms with Gasteiger partial charge in [-0.2, -0.15) is 5.10 Å². The first-order valence-corrected chi connectivity index (χ1v) is 11.6. The van der Waals surface area contributed by atoms with Crippen molar-refractivity contribution in [3.05, 3.63) is 29.5 Å². The fraction of sp³-hybridized carbons (Fsp3) is 0.476. The number of aromatic carboxylic acids is 1. The first-order valence-electron chi connectivity index (χ1n) is 10.1. The lowest BCUT2D eigenvalue weighted by Crippen LogP contribution is -2.25. The van der Waals surface area contributed by atoms with Crippen molar-refractivity contribution in [1.29, 1.82) is 0 Å². The van der Waals surface area contributed by atoms with E-state index in [1.807, 2.05) is 27.7 Å². The molecule has 0 aliphatic carbocycles. The maximum atomic E-state index is 12.9. The molecule has 0 radical (unpaired) electrons. The maximum absolute atomic E-state index is 12.9. The molecule has 1 heterocycles. The number of sulfonamides is 1. The second kappa shape index (κ2) is 9.70. The Morgan fingerprint density at radius 3 is 2.44 bits per heavy atom. The average molecular weight is 467 g/mol. The Morgan fingerprint density at radius 1 is 1.25 bits per heavy atom. The van der Waals surface area contributed by atoms with E-state index in [1.165, 1.54) is 36.9 Å². The summed E-state index contributed by atoms with van der Waals surface area (Å²) < 4.78 is 35.4. The Hall–Kier alpha value is -2.92. The Labute approximate surface area is 188 Å². The summed E-state index contributed by atoms with van der Waals surface area (Å²) in [6.07, 6.45) is 0.841. The lowest BCUT2D eigenvalue weighted by Gasteiger charge is -2.18. The van der Waals surface area contributed by atoms with Crippen LogP contribution in [0, 0.1) is 12.3 Å². The van der Waals surface area contributed by atoms with Crippen LogP contribution in [0.3, 0.4) is 0 Å². The Bertz CT molecular complexity index is 1120. The van der Waals surface area contributed by atoms with Crippen molar-refractivity contribution in [1.82, 2.24) is 14.5 Å². The average Bonchev–Trinajstić information content (AvgIpc) is 2.94. The second-order valence-electron chi connectivity index (χ2n) is 8.65. The molecule has 11 heteroatoms. The van der Waals surface area contributed by atoms with Gasteiger partial charge in [-0.15, -0.1) is 0 Å². The fourth-order valence-corrected chi connectivity index (χ4v) is 4.23. The molecular weight excluding hydrogens is 436 g/mol. The molecule has 1 amide bonds. The van der Waals surface area contributed by atoms with E-state index in [-0.39, 0.29) is 52.1 Å². The van der Waals surface area contributed by atoms with Crippen LogP contribution in [-0.2, 0) is 21.9 Å². The molecule has 0 saturated carbocycles. The lowest BCUT2D eigenvalue weighted by atomic mass is 9.92. The molecule has 10 nitrogen and oxygen atoms in total. The standard InChI is InChI=1S/C21H30N4O6S/c1-7-10-22-32(29,30)16-11-14(23-17(26)12-21(3,4)5)8-9-15(16)31-19-13(2)18(20(27)28)24-25(19)6/h8-9,11,22H,7,10,12H2,1-6H3,(H,23,26)(H,27,28). The van der Waals surface area contributed by atoms with Gasteiger partial charge in [0.2, 0.25) is 21.8 Å². The van der Waals surface area contributed by atoms with Gasteiger partial charge in [0.15, 0.2) is 5.69 Å². The van der Waals surface area contributed by atoms with Gasteiger partial charge in [-0.05, 0) is 37.0 Å². The highest BCUT2D eigenvalue weighted by Gasteiger charge is 2.25. The minimum atomic E-state index is -3.97. The molecule has 1 aromatic heterocycles. The number of carbonyl (C=O) groups excluding carboxylic acids is 1. The third-order valence-corrected chi connectivity index (χ3v) is 5.86.